The van der Waals surface area contributed by atoms with Gasteiger partial charge in [0, 0.05) is 24.5 Å². The third-order valence-electron chi connectivity index (χ3n) is 4.57. The highest BCUT2D eigenvalue weighted by Gasteiger charge is 2.31. The molecule has 2 fully saturated rings. The van der Waals surface area contributed by atoms with E-state index in [2.05, 4.69) is 34.9 Å². The van der Waals surface area contributed by atoms with Crippen LogP contribution in [0.25, 0.3) is 0 Å². The summed E-state index contributed by atoms with van der Waals surface area (Å²) in [5.74, 6) is 2.69. The third-order valence-corrected chi connectivity index (χ3v) is 4.57. The summed E-state index contributed by atoms with van der Waals surface area (Å²) >= 11 is 0. The second-order valence-electron chi connectivity index (χ2n) is 6.34. The summed E-state index contributed by atoms with van der Waals surface area (Å²) in [6.07, 6.45) is 12.2. The van der Waals surface area contributed by atoms with E-state index in [9.17, 15) is 0 Å². The maximum absolute atomic E-state index is 4.52. The van der Waals surface area contributed by atoms with E-state index in [1.165, 1.54) is 38.5 Å². The van der Waals surface area contributed by atoms with Crippen LogP contribution < -0.4 is 5.32 Å². The van der Waals surface area contributed by atoms with E-state index in [-0.39, 0.29) is 0 Å². The smallest absolute Gasteiger partial charge is 0.203 e. The number of aromatic nitrogens is 2. The van der Waals surface area contributed by atoms with Crippen LogP contribution in [0.3, 0.4) is 0 Å². The Bertz CT molecular complexity index is 392. The highest BCUT2D eigenvalue weighted by molar-refractivity contribution is 5.30. The number of nitrogens with one attached hydrogen (secondary N) is 1. The minimum atomic E-state index is 0.655. The molecule has 3 heteroatoms. The lowest BCUT2D eigenvalue weighted by Crippen LogP contribution is -2.28. The second kappa shape index (κ2) is 4.94. The van der Waals surface area contributed by atoms with Crippen molar-refractivity contribution >= 4 is 5.95 Å². The normalized spacial score (nSPS) is 28.6. The van der Waals surface area contributed by atoms with Crippen molar-refractivity contribution in [3.63, 3.8) is 0 Å². The van der Waals surface area contributed by atoms with E-state index in [0.717, 1.165) is 17.8 Å². The average molecular weight is 247 g/mol. The topological polar surface area (TPSA) is 29.9 Å². The number of hydrogen-bond donors (Lipinski definition) is 1. The Morgan fingerprint density at radius 1 is 1.22 bits per heavy atom. The van der Waals surface area contributed by atoms with E-state index < -0.39 is 0 Å². The quantitative estimate of drug-likeness (QED) is 0.876. The van der Waals surface area contributed by atoms with E-state index in [0.29, 0.717) is 12.1 Å². The standard InChI is InChI=1S/C15H25N3/c1-11(2)13-5-3-4-6-14(13)18-10-9-16-15(18)17-12-7-8-12/h9-14H,3-8H2,1-2H3,(H,16,17). The van der Waals surface area contributed by atoms with Gasteiger partial charge in [-0.2, -0.15) is 0 Å². The van der Waals surface area contributed by atoms with Gasteiger partial charge in [0.1, 0.15) is 0 Å². The van der Waals surface area contributed by atoms with E-state index in [1.807, 2.05) is 6.20 Å². The fourth-order valence-electron chi connectivity index (χ4n) is 3.37. The van der Waals surface area contributed by atoms with Gasteiger partial charge in [0.25, 0.3) is 0 Å². The van der Waals surface area contributed by atoms with Crippen LogP contribution in [0.1, 0.15) is 58.4 Å². The van der Waals surface area contributed by atoms with Crippen LogP contribution in [-0.4, -0.2) is 15.6 Å². The molecule has 1 aromatic heterocycles. The number of anilines is 1. The second-order valence-corrected chi connectivity index (χ2v) is 6.34. The molecule has 3 rings (SSSR count). The highest BCUT2D eigenvalue weighted by Crippen LogP contribution is 2.40. The van der Waals surface area contributed by atoms with Crippen molar-refractivity contribution in [2.24, 2.45) is 11.8 Å². The zero-order valence-electron chi connectivity index (χ0n) is 11.6. The van der Waals surface area contributed by atoms with Crippen molar-refractivity contribution in [3.05, 3.63) is 12.4 Å². The van der Waals surface area contributed by atoms with E-state index in [4.69, 9.17) is 0 Å². The fourth-order valence-corrected chi connectivity index (χ4v) is 3.37. The summed E-state index contributed by atoms with van der Waals surface area (Å²) in [7, 11) is 0. The van der Waals surface area contributed by atoms with Gasteiger partial charge in [0.2, 0.25) is 5.95 Å². The van der Waals surface area contributed by atoms with E-state index >= 15 is 0 Å². The Labute approximate surface area is 110 Å². The summed E-state index contributed by atoms with van der Waals surface area (Å²) in [5.41, 5.74) is 0. The van der Waals surface area contributed by atoms with Crippen molar-refractivity contribution in [2.45, 2.75) is 64.5 Å². The number of rotatable bonds is 4. The minimum absolute atomic E-state index is 0.655. The lowest BCUT2D eigenvalue weighted by atomic mass is 9.77. The molecule has 0 radical (unpaired) electrons. The van der Waals surface area contributed by atoms with Crippen molar-refractivity contribution in [2.75, 3.05) is 5.32 Å². The molecular weight excluding hydrogens is 222 g/mol. The Morgan fingerprint density at radius 2 is 2.00 bits per heavy atom. The molecule has 100 valence electrons. The molecule has 2 aliphatic rings. The van der Waals surface area contributed by atoms with Crippen molar-refractivity contribution in [1.82, 2.24) is 9.55 Å². The predicted octanol–water partition coefficient (Wildman–Crippen LogP) is 3.84. The van der Waals surface area contributed by atoms with Crippen LogP contribution in [0.4, 0.5) is 5.95 Å². The van der Waals surface area contributed by atoms with Crippen LogP contribution in [0, 0.1) is 11.8 Å². The SMILES string of the molecule is CC(C)C1CCCCC1n1ccnc1NC1CC1. The monoisotopic (exact) mass is 247 g/mol. The number of hydrogen-bond acceptors (Lipinski definition) is 2. The molecule has 0 amide bonds. The first-order chi connectivity index (χ1) is 8.75. The molecule has 1 aromatic rings. The summed E-state index contributed by atoms with van der Waals surface area (Å²) in [6.45, 7) is 4.74. The summed E-state index contributed by atoms with van der Waals surface area (Å²) in [6, 6.07) is 1.34. The molecule has 18 heavy (non-hydrogen) atoms. The fraction of sp³-hybridized carbons (Fsp3) is 0.800. The van der Waals surface area contributed by atoms with Gasteiger partial charge in [0.15, 0.2) is 0 Å². The molecule has 1 N–H and O–H groups in total. The lowest BCUT2D eigenvalue weighted by molar-refractivity contribution is 0.186. The molecular formula is C15H25N3. The van der Waals surface area contributed by atoms with Crippen LogP contribution >= 0.6 is 0 Å². The summed E-state index contributed by atoms with van der Waals surface area (Å²) < 4.78 is 2.42. The van der Waals surface area contributed by atoms with Crippen molar-refractivity contribution < 1.29 is 0 Å². The first kappa shape index (κ1) is 12.1. The molecule has 2 atom stereocenters. The molecule has 3 nitrogen and oxygen atoms in total. The largest absolute Gasteiger partial charge is 0.353 e. The highest BCUT2D eigenvalue weighted by atomic mass is 15.2. The Kier molecular flexibility index (Phi) is 3.31. The molecule has 0 spiro atoms. The third kappa shape index (κ3) is 2.40. The minimum Gasteiger partial charge on any atom is -0.353 e. The molecule has 2 saturated carbocycles. The first-order valence-corrected chi connectivity index (χ1v) is 7.55. The van der Waals surface area contributed by atoms with Gasteiger partial charge in [0.05, 0.1) is 0 Å². The summed E-state index contributed by atoms with van der Waals surface area (Å²) in [5, 5.41) is 3.57. The Balaban J connectivity index is 1.80. The van der Waals surface area contributed by atoms with Crippen LogP contribution in [-0.2, 0) is 0 Å². The molecule has 1 heterocycles. The van der Waals surface area contributed by atoms with Gasteiger partial charge in [-0.3, -0.25) is 0 Å². The number of imidazole rings is 1. The first-order valence-electron chi connectivity index (χ1n) is 7.55. The van der Waals surface area contributed by atoms with Gasteiger partial charge in [-0.25, -0.2) is 4.98 Å². The zero-order valence-corrected chi connectivity index (χ0v) is 11.6. The maximum atomic E-state index is 4.52. The maximum Gasteiger partial charge on any atom is 0.203 e. The Hall–Kier alpha value is -0.990. The molecule has 0 bridgehead atoms. The van der Waals surface area contributed by atoms with Crippen molar-refractivity contribution in [3.8, 4) is 0 Å². The van der Waals surface area contributed by atoms with Gasteiger partial charge < -0.3 is 9.88 Å². The molecule has 2 aliphatic carbocycles. The van der Waals surface area contributed by atoms with Gasteiger partial charge in [-0.15, -0.1) is 0 Å². The molecule has 0 aliphatic heterocycles. The van der Waals surface area contributed by atoms with E-state index in [1.54, 1.807) is 0 Å². The van der Waals surface area contributed by atoms with Gasteiger partial charge in [-0.05, 0) is 37.5 Å². The average Bonchev–Trinajstić information content (AvgIpc) is 3.06. The lowest BCUT2D eigenvalue weighted by Gasteiger charge is -2.36. The number of nitrogens with zero attached hydrogens (tertiary/aromatic N) is 2. The predicted molar refractivity (Wildman–Crippen MR) is 74.7 cm³/mol. The summed E-state index contributed by atoms with van der Waals surface area (Å²) in [4.78, 5) is 4.52. The van der Waals surface area contributed by atoms with Crippen molar-refractivity contribution in [1.29, 1.82) is 0 Å². The Morgan fingerprint density at radius 3 is 2.72 bits per heavy atom. The van der Waals surface area contributed by atoms with Gasteiger partial charge >= 0.3 is 0 Å². The van der Waals surface area contributed by atoms with Crippen LogP contribution in [0.15, 0.2) is 12.4 Å². The van der Waals surface area contributed by atoms with Crippen LogP contribution in [0.2, 0.25) is 0 Å². The molecule has 2 unspecified atom stereocenters. The van der Waals surface area contributed by atoms with Crippen LogP contribution in [0.5, 0.6) is 0 Å². The zero-order chi connectivity index (χ0) is 12.5. The van der Waals surface area contributed by atoms with Gasteiger partial charge in [-0.1, -0.05) is 26.7 Å². The molecule has 0 saturated heterocycles. The molecule has 0 aromatic carbocycles.